The lowest BCUT2D eigenvalue weighted by Crippen LogP contribution is -2.42. The van der Waals surface area contributed by atoms with Gasteiger partial charge in [0.1, 0.15) is 0 Å². The SMILES string of the molecule is CCC1CCN(CC(=O)NCCOC)CC1. The molecule has 0 aliphatic carbocycles. The van der Waals surface area contributed by atoms with E-state index in [4.69, 9.17) is 4.74 Å². The maximum atomic E-state index is 11.5. The predicted molar refractivity (Wildman–Crippen MR) is 64.3 cm³/mol. The molecule has 1 aliphatic heterocycles. The summed E-state index contributed by atoms with van der Waals surface area (Å²) in [6.07, 6.45) is 3.75. The first-order chi connectivity index (χ1) is 7.76. The third-order valence-corrected chi connectivity index (χ3v) is 3.28. The van der Waals surface area contributed by atoms with E-state index in [1.165, 1.54) is 19.3 Å². The van der Waals surface area contributed by atoms with Crippen LogP contribution in [0, 0.1) is 5.92 Å². The monoisotopic (exact) mass is 228 g/mol. The zero-order valence-electron chi connectivity index (χ0n) is 10.5. The third kappa shape index (κ3) is 4.94. The maximum absolute atomic E-state index is 11.5. The zero-order chi connectivity index (χ0) is 11.8. The lowest BCUT2D eigenvalue weighted by atomic mass is 9.94. The van der Waals surface area contributed by atoms with Crippen molar-refractivity contribution in [3.8, 4) is 0 Å². The lowest BCUT2D eigenvalue weighted by molar-refractivity contribution is -0.122. The molecule has 0 bridgehead atoms. The zero-order valence-corrected chi connectivity index (χ0v) is 10.5. The molecule has 0 aromatic heterocycles. The first-order valence-corrected chi connectivity index (χ1v) is 6.24. The van der Waals surface area contributed by atoms with Gasteiger partial charge in [0.15, 0.2) is 0 Å². The second-order valence-corrected chi connectivity index (χ2v) is 4.47. The van der Waals surface area contributed by atoms with Crippen molar-refractivity contribution in [2.75, 3.05) is 39.9 Å². The Morgan fingerprint density at radius 3 is 2.69 bits per heavy atom. The number of methoxy groups -OCH3 is 1. The summed E-state index contributed by atoms with van der Waals surface area (Å²) in [4.78, 5) is 13.8. The van der Waals surface area contributed by atoms with Crippen molar-refractivity contribution in [2.24, 2.45) is 5.92 Å². The molecular formula is C12H24N2O2. The van der Waals surface area contributed by atoms with E-state index < -0.39 is 0 Å². The molecule has 0 aromatic rings. The number of carbonyl (C=O) groups is 1. The number of ether oxygens (including phenoxy) is 1. The normalized spacial score (nSPS) is 18.6. The molecule has 94 valence electrons. The van der Waals surface area contributed by atoms with Crippen LogP contribution in [0.15, 0.2) is 0 Å². The lowest BCUT2D eigenvalue weighted by Gasteiger charge is -2.30. The van der Waals surface area contributed by atoms with Crippen LogP contribution in [0.2, 0.25) is 0 Å². The Balaban J connectivity index is 2.10. The highest BCUT2D eigenvalue weighted by atomic mass is 16.5. The fourth-order valence-corrected chi connectivity index (χ4v) is 2.10. The Hall–Kier alpha value is -0.610. The van der Waals surface area contributed by atoms with Crippen LogP contribution in [0.3, 0.4) is 0 Å². The van der Waals surface area contributed by atoms with Crippen molar-refractivity contribution in [2.45, 2.75) is 26.2 Å². The predicted octanol–water partition coefficient (Wildman–Crippen LogP) is 0.871. The average Bonchev–Trinajstić information content (AvgIpc) is 2.30. The molecule has 1 N–H and O–H groups in total. The van der Waals surface area contributed by atoms with Gasteiger partial charge >= 0.3 is 0 Å². The van der Waals surface area contributed by atoms with Gasteiger partial charge in [0, 0.05) is 13.7 Å². The first-order valence-electron chi connectivity index (χ1n) is 6.24. The molecule has 0 atom stereocenters. The Kier molecular flexibility index (Phi) is 6.42. The van der Waals surface area contributed by atoms with Crippen LogP contribution in [0.25, 0.3) is 0 Å². The van der Waals surface area contributed by atoms with Gasteiger partial charge in [-0.05, 0) is 31.8 Å². The van der Waals surface area contributed by atoms with Gasteiger partial charge in [0.05, 0.1) is 13.2 Å². The van der Waals surface area contributed by atoms with Crippen molar-refractivity contribution in [1.29, 1.82) is 0 Å². The summed E-state index contributed by atoms with van der Waals surface area (Å²) >= 11 is 0. The molecule has 1 aliphatic rings. The van der Waals surface area contributed by atoms with E-state index in [1.54, 1.807) is 7.11 Å². The van der Waals surface area contributed by atoms with Gasteiger partial charge in [-0.25, -0.2) is 0 Å². The standard InChI is InChI=1S/C12H24N2O2/c1-3-11-4-7-14(8-5-11)10-12(15)13-6-9-16-2/h11H,3-10H2,1-2H3,(H,13,15). The summed E-state index contributed by atoms with van der Waals surface area (Å²) in [6, 6.07) is 0. The van der Waals surface area contributed by atoms with Crippen molar-refractivity contribution in [3.05, 3.63) is 0 Å². The molecule has 0 radical (unpaired) electrons. The van der Waals surface area contributed by atoms with Crippen LogP contribution in [0.5, 0.6) is 0 Å². The van der Waals surface area contributed by atoms with Crippen LogP contribution >= 0.6 is 0 Å². The minimum atomic E-state index is 0.118. The number of amides is 1. The molecule has 4 heteroatoms. The third-order valence-electron chi connectivity index (χ3n) is 3.28. The summed E-state index contributed by atoms with van der Waals surface area (Å²) in [7, 11) is 1.64. The summed E-state index contributed by atoms with van der Waals surface area (Å²) in [6.45, 7) is 6.12. The van der Waals surface area contributed by atoms with Gasteiger partial charge in [-0.2, -0.15) is 0 Å². The van der Waals surface area contributed by atoms with Crippen LogP contribution in [-0.2, 0) is 9.53 Å². The highest BCUT2D eigenvalue weighted by Gasteiger charge is 2.19. The molecule has 0 aromatic carbocycles. The second kappa shape index (κ2) is 7.63. The fourth-order valence-electron chi connectivity index (χ4n) is 2.10. The van der Waals surface area contributed by atoms with Gasteiger partial charge in [0.25, 0.3) is 0 Å². The van der Waals surface area contributed by atoms with Gasteiger partial charge < -0.3 is 10.1 Å². The molecule has 1 saturated heterocycles. The Morgan fingerprint density at radius 1 is 1.44 bits per heavy atom. The second-order valence-electron chi connectivity index (χ2n) is 4.47. The highest BCUT2D eigenvalue weighted by molar-refractivity contribution is 5.77. The molecule has 1 rings (SSSR count). The Bertz CT molecular complexity index is 201. The van der Waals surface area contributed by atoms with Crippen molar-refractivity contribution in [1.82, 2.24) is 10.2 Å². The van der Waals surface area contributed by atoms with E-state index in [-0.39, 0.29) is 5.91 Å². The fraction of sp³-hybridized carbons (Fsp3) is 0.917. The molecule has 4 nitrogen and oxygen atoms in total. The van der Waals surface area contributed by atoms with Gasteiger partial charge in [-0.15, -0.1) is 0 Å². The molecule has 0 unspecified atom stereocenters. The highest BCUT2D eigenvalue weighted by Crippen LogP contribution is 2.19. The molecule has 1 heterocycles. The molecule has 0 saturated carbocycles. The van der Waals surface area contributed by atoms with E-state index in [0.29, 0.717) is 19.7 Å². The minimum absolute atomic E-state index is 0.118. The van der Waals surface area contributed by atoms with Crippen molar-refractivity contribution in [3.63, 3.8) is 0 Å². The van der Waals surface area contributed by atoms with Crippen LogP contribution in [0.4, 0.5) is 0 Å². The number of hydrogen-bond acceptors (Lipinski definition) is 3. The average molecular weight is 228 g/mol. The minimum Gasteiger partial charge on any atom is -0.383 e. The summed E-state index contributed by atoms with van der Waals surface area (Å²) < 4.78 is 4.88. The molecule has 0 spiro atoms. The summed E-state index contributed by atoms with van der Waals surface area (Å²) in [5.41, 5.74) is 0. The van der Waals surface area contributed by atoms with Gasteiger partial charge in [-0.3, -0.25) is 9.69 Å². The summed E-state index contributed by atoms with van der Waals surface area (Å²) in [5.74, 6) is 0.986. The topological polar surface area (TPSA) is 41.6 Å². The smallest absolute Gasteiger partial charge is 0.234 e. The molecule has 1 fully saturated rings. The number of nitrogens with zero attached hydrogens (tertiary/aromatic N) is 1. The Morgan fingerprint density at radius 2 is 2.12 bits per heavy atom. The van der Waals surface area contributed by atoms with Crippen LogP contribution in [-0.4, -0.2) is 50.7 Å². The first kappa shape index (κ1) is 13.5. The number of likely N-dealkylation sites (tertiary alicyclic amines) is 1. The summed E-state index contributed by atoms with van der Waals surface area (Å²) in [5, 5.41) is 2.85. The van der Waals surface area contributed by atoms with Gasteiger partial charge in [0.2, 0.25) is 5.91 Å². The van der Waals surface area contributed by atoms with Crippen molar-refractivity contribution < 1.29 is 9.53 Å². The van der Waals surface area contributed by atoms with E-state index in [1.807, 2.05) is 0 Å². The number of hydrogen-bond donors (Lipinski definition) is 1. The molecule has 16 heavy (non-hydrogen) atoms. The quantitative estimate of drug-likeness (QED) is 0.686. The van der Waals surface area contributed by atoms with E-state index >= 15 is 0 Å². The number of rotatable bonds is 6. The number of piperidine rings is 1. The molecule has 1 amide bonds. The maximum Gasteiger partial charge on any atom is 0.234 e. The van der Waals surface area contributed by atoms with E-state index in [2.05, 4.69) is 17.1 Å². The van der Waals surface area contributed by atoms with E-state index in [0.717, 1.165) is 19.0 Å². The largest absolute Gasteiger partial charge is 0.383 e. The number of nitrogens with one attached hydrogen (secondary N) is 1. The van der Waals surface area contributed by atoms with Crippen molar-refractivity contribution >= 4 is 5.91 Å². The Labute approximate surface area is 98.3 Å². The van der Waals surface area contributed by atoms with Crippen LogP contribution in [0.1, 0.15) is 26.2 Å². The van der Waals surface area contributed by atoms with Crippen LogP contribution < -0.4 is 5.32 Å². The van der Waals surface area contributed by atoms with Gasteiger partial charge in [-0.1, -0.05) is 13.3 Å². The molecular weight excluding hydrogens is 204 g/mol. The van der Waals surface area contributed by atoms with E-state index in [9.17, 15) is 4.79 Å². The number of carbonyl (C=O) groups excluding carboxylic acids is 1.